The molecule has 1 heterocycles. The Balaban J connectivity index is 1.90. The predicted molar refractivity (Wildman–Crippen MR) is 78.8 cm³/mol. The maximum Gasteiger partial charge on any atom is 0.335 e. The van der Waals surface area contributed by atoms with Crippen LogP contribution < -0.4 is 5.32 Å². The average molecular weight is 310 g/mol. The molecule has 2 aromatic rings. The number of carbonyl (C=O) groups is 2. The second-order valence-corrected chi connectivity index (χ2v) is 5.43. The van der Waals surface area contributed by atoms with Gasteiger partial charge in [0, 0.05) is 6.54 Å². The van der Waals surface area contributed by atoms with Crippen LogP contribution in [0.5, 0.6) is 0 Å². The summed E-state index contributed by atoms with van der Waals surface area (Å²) in [4.78, 5) is 23.1. The van der Waals surface area contributed by atoms with E-state index in [0.29, 0.717) is 22.9 Å². The molecule has 0 radical (unpaired) electrons. The van der Waals surface area contributed by atoms with E-state index < -0.39 is 5.97 Å². The molecule has 2 N–H and O–H groups in total. The lowest BCUT2D eigenvalue weighted by Crippen LogP contribution is -2.25. The number of thiophene rings is 1. The Kier molecular flexibility index (Phi) is 4.76. The lowest BCUT2D eigenvalue weighted by atomic mass is 10.1. The Hall–Kier alpha value is -1.85. The molecule has 104 valence electrons. The summed E-state index contributed by atoms with van der Waals surface area (Å²) < 4.78 is 0. The van der Waals surface area contributed by atoms with Crippen molar-refractivity contribution in [1.29, 1.82) is 0 Å². The van der Waals surface area contributed by atoms with Gasteiger partial charge in [0.05, 0.1) is 10.6 Å². The molecule has 0 fully saturated rings. The standard InChI is InChI=1S/C14H12ClNO3S/c15-11-5-7-20-12(11)13(17)16-6-4-9-2-1-3-10(8-9)14(18)19/h1-3,5,7-8H,4,6H2,(H,16,17)(H,18,19). The van der Waals surface area contributed by atoms with Crippen molar-refractivity contribution in [3.8, 4) is 0 Å². The smallest absolute Gasteiger partial charge is 0.335 e. The summed E-state index contributed by atoms with van der Waals surface area (Å²) in [6.07, 6.45) is 0.565. The first kappa shape index (κ1) is 14.6. The minimum Gasteiger partial charge on any atom is -0.478 e. The topological polar surface area (TPSA) is 66.4 Å². The zero-order valence-corrected chi connectivity index (χ0v) is 12.0. The third-order valence-electron chi connectivity index (χ3n) is 2.70. The SMILES string of the molecule is O=C(O)c1cccc(CCNC(=O)c2sccc2Cl)c1. The van der Waals surface area contributed by atoms with Gasteiger partial charge in [0.1, 0.15) is 4.88 Å². The van der Waals surface area contributed by atoms with Gasteiger partial charge in [-0.15, -0.1) is 11.3 Å². The number of benzene rings is 1. The fourth-order valence-corrected chi connectivity index (χ4v) is 2.77. The monoisotopic (exact) mass is 309 g/mol. The number of carboxylic acid groups (broad SMARTS) is 1. The number of hydrogen-bond donors (Lipinski definition) is 2. The number of rotatable bonds is 5. The minimum atomic E-state index is -0.957. The van der Waals surface area contributed by atoms with Crippen LogP contribution in [0.2, 0.25) is 5.02 Å². The van der Waals surface area contributed by atoms with Crippen LogP contribution in [0, 0.1) is 0 Å². The largest absolute Gasteiger partial charge is 0.478 e. The van der Waals surface area contributed by atoms with Crippen LogP contribution in [0.4, 0.5) is 0 Å². The van der Waals surface area contributed by atoms with Crippen LogP contribution in [-0.2, 0) is 6.42 Å². The second-order valence-electron chi connectivity index (χ2n) is 4.11. The van der Waals surface area contributed by atoms with E-state index in [0.717, 1.165) is 5.56 Å². The molecule has 1 aromatic heterocycles. The first-order valence-electron chi connectivity index (χ1n) is 5.91. The Bertz CT molecular complexity index is 639. The molecule has 6 heteroatoms. The first-order chi connectivity index (χ1) is 9.58. The van der Waals surface area contributed by atoms with Crippen LogP contribution in [0.25, 0.3) is 0 Å². The number of carbonyl (C=O) groups excluding carboxylic acids is 1. The molecule has 1 amide bonds. The maximum absolute atomic E-state index is 11.8. The van der Waals surface area contributed by atoms with Gasteiger partial charge >= 0.3 is 5.97 Å². The van der Waals surface area contributed by atoms with Crippen molar-refractivity contribution < 1.29 is 14.7 Å². The van der Waals surface area contributed by atoms with Gasteiger partial charge in [-0.25, -0.2) is 4.79 Å². The van der Waals surface area contributed by atoms with E-state index in [1.165, 1.54) is 17.4 Å². The van der Waals surface area contributed by atoms with Crippen molar-refractivity contribution in [2.75, 3.05) is 6.54 Å². The molecular formula is C14H12ClNO3S. The van der Waals surface area contributed by atoms with Crippen molar-refractivity contribution >= 4 is 34.8 Å². The molecular weight excluding hydrogens is 298 g/mol. The molecule has 0 atom stereocenters. The highest BCUT2D eigenvalue weighted by Crippen LogP contribution is 2.21. The number of halogens is 1. The quantitative estimate of drug-likeness (QED) is 0.892. The molecule has 1 aromatic carbocycles. The van der Waals surface area contributed by atoms with E-state index in [-0.39, 0.29) is 11.5 Å². The molecule has 4 nitrogen and oxygen atoms in total. The number of hydrogen-bond acceptors (Lipinski definition) is 3. The lowest BCUT2D eigenvalue weighted by molar-refractivity contribution is 0.0696. The van der Waals surface area contributed by atoms with Gasteiger partial charge in [-0.1, -0.05) is 23.7 Å². The van der Waals surface area contributed by atoms with E-state index in [4.69, 9.17) is 16.7 Å². The van der Waals surface area contributed by atoms with E-state index in [1.807, 2.05) is 6.07 Å². The predicted octanol–water partition coefficient (Wildman–Crippen LogP) is 3.07. The van der Waals surface area contributed by atoms with Crippen molar-refractivity contribution in [3.63, 3.8) is 0 Å². The Morgan fingerprint density at radius 2 is 2.10 bits per heavy atom. The van der Waals surface area contributed by atoms with Gasteiger partial charge in [0.15, 0.2) is 0 Å². The fourth-order valence-electron chi connectivity index (χ4n) is 1.72. The normalized spacial score (nSPS) is 10.2. The summed E-state index contributed by atoms with van der Waals surface area (Å²) in [6.45, 7) is 0.427. The Morgan fingerprint density at radius 3 is 2.75 bits per heavy atom. The molecule has 0 aliphatic heterocycles. The van der Waals surface area contributed by atoms with Gasteiger partial charge in [-0.3, -0.25) is 4.79 Å². The van der Waals surface area contributed by atoms with Crippen molar-refractivity contribution in [2.24, 2.45) is 0 Å². The van der Waals surface area contributed by atoms with Crippen molar-refractivity contribution in [3.05, 3.63) is 56.7 Å². The highest BCUT2D eigenvalue weighted by Gasteiger charge is 2.11. The van der Waals surface area contributed by atoms with Crippen LogP contribution in [0.3, 0.4) is 0 Å². The van der Waals surface area contributed by atoms with Gasteiger partial charge in [0.25, 0.3) is 5.91 Å². The van der Waals surface area contributed by atoms with Gasteiger partial charge in [-0.05, 0) is 35.6 Å². The Labute approximate surface area is 125 Å². The van der Waals surface area contributed by atoms with E-state index in [9.17, 15) is 9.59 Å². The summed E-state index contributed by atoms with van der Waals surface area (Å²) in [5.74, 6) is -1.17. The van der Waals surface area contributed by atoms with Crippen LogP contribution in [0.1, 0.15) is 25.6 Å². The number of nitrogens with one attached hydrogen (secondary N) is 1. The molecule has 0 saturated heterocycles. The number of carboxylic acids is 1. The summed E-state index contributed by atoms with van der Waals surface area (Å²) in [5.41, 5.74) is 1.11. The van der Waals surface area contributed by atoms with E-state index in [1.54, 1.807) is 23.6 Å². The molecule has 2 rings (SSSR count). The minimum absolute atomic E-state index is 0.209. The van der Waals surface area contributed by atoms with Crippen LogP contribution in [-0.4, -0.2) is 23.5 Å². The third-order valence-corrected chi connectivity index (χ3v) is 4.04. The van der Waals surface area contributed by atoms with Gasteiger partial charge in [0.2, 0.25) is 0 Å². The molecule has 0 bridgehead atoms. The van der Waals surface area contributed by atoms with Crippen molar-refractivity contribution in [1.82, 2.24) is 5.32 Å². The van der Waals surface area contributed by atoms with Crippen molar-refractivity contribution in [2.45, 2.75) is 6.42 Å². The zero-order valence-electron chi connectivity index (χ0n) is 10.4. The molecule has 0 unspecified atom stereocenters. The first-order valence-corrected chi connectivity index (χ1v) is 7.17. The zero-order chi connectivity index (χ0) is 14.5. The molecule has 0 spiro atoms. The summed E-state index contributed by atoms with van der Waals surface area (Å²) in [5, 5.41) is 13.9. The molecule has 0 aliphatic rings. The second kappa shape index (κ2) is 6.54. The number of amides is 1. The summed E-state index contributed by atoms with van der Waals surface area (Å²) in [7, 11) is 0. The van der Waals surface area contributed by atoms with E-state index >= 15 is 0 Å². The third kappa shape index (κ3) is 3.59. The lowest BCUT2D eigenvalue weighted by Gasteiger charge is -2.05. The van der Waals surface area contributed by atoms with Gasteiger partial charge < -0.3 is 10.4 Å². The number of aromatic carboxylic acids is 1. The summed E-state index contributed by atoms with van der Waals surface area (Å²) >= 11 is 7.16. The van der Waals surface area contributed by atoms with Crippen LogP contribution in [0.15, 0.2) is 35.7 Å². The highest BCUT2D eigenvalue weighted by atomic mass is 35.5. The average Bonchev–Trinajstić information content (AvgIpc) is 2.85. The Morgan fingerprint density at radius 1 is 1.30 bits per heavy atom. The fraction of sp³-hybridized carbons (Fsp3) is 0.143. The molecule has 20 heavy (non-hydrogen) atoms. The van der Waals surface area contributed by atoms with Crippen LogP contribution >= 0.6 is 22.9 Å². The summed E-state index contributed by atoms with van der Waals surface area (Å²) in [6, 6.07) is 8.34. The highest BCUT2D eigenvalue weighted by molar-refractivity contribution is 7.12. The van der Waals surface area contributed by atoms with Gasteiger partial charge in [-0.2, -0.15) is 0 Å². The molecule has 0 aliphatic carbocycles. The van der Waals surface area contributed by atoms with E-state index in [2.05, 4.69) is 5.32 Å². The maximum atomic E-state index is 11.8. The molecule has 0 saturated carbocycles.